The molecule has 0 bridgehead atoms. The van der Waals surface area contributed by atoms with Gasteiger partial charge in [-0.05, 0) is 24.5 Å². The van der Waals surface area contributed by atoms with Crippen LogP contribution in [-0.4, -0.2) is 17.5 Å². The first-order valence-electron chi connectivity index (χ1n) is 5.30. The van der Waals surface area contributed by atoms with Crippen LogP contribution in [0.2, 0.25) is 0 Å². The van der Waals surface area contributed by atoms with Gasteiger partial charge < -0.3 is 5.73 Å². The summed E-state index contributed by atoms with van der Waals surface area (Å²) >= 11 is 0. The van der Waals surface area contributed by atoms with Crippen LogP contribution >= 0.6 is 0 Å². The SMILES string of the molecule is CC(N)CCN1Cc2ccccc2C1. The molecule has 0 saturated carbocycles. The van der Waals surface area contributed by atoms with Crippen molar-refractivity contribution in [2.24, 2.45) is 5.73 Å². The summed E-state index contributed by atoms with van der Waals surface area (Å²) in [5.74, 6) is 0. The maximum absolute atomic E-state index is 5.75. The van der Waals surface area contributed by atoms with Crippen molar-refractivity contribution in [3.63, 3.8) is 0 Å². The van der Waals surface area contributed by atoms with Crippen LogP contribution < -0.4 is 5.73 Å². The standard InChI is InChI=1S/C12H18N2/c1-10(13)6-7-14-8-11-4-2-3-5-12(11)9-14/h2-5,10H,6-9,13H2,1H3. The van der Waals surface area contributed by atoms with Gasteiger partial charge in [-0.2, -0.15) is 0 Å². The van der Waals surface area contributed by atoms with E-state index in [9.17, 15) is 0 Å². The van der Waals surface area contributed by atoms with E-state index in [4.69, 9.17) is 5.73 Å². The summed E-state index contributed by atoms with van der Waals surface area (Å²) < 4.78 is 0. The monoisotopic (exact) mass is 190 g/mol. The van der Waals surface area contributed by atoms with Crippen molar-refractivity contribution >= 4 is 0 Å². The lowest BCUT2D eigenvalue weighted by Gasteiger charge is -2.15. The molecule has 76 valence electrons. The summed E-state index contributed by atoms with van der Waals surface area (Å²) in [5, 5.41) is 0. The molecule has 1 aromatic carbocycles. The molecule has 0 aliphatic carbocycles. The van der Waals surface area contributed by atoms with Gasteiger partial charge in [0.15, 0.2) is 0 Å². The zero-order valence-corrected chi connectivity index (χ0v) is 8.74. The molecular formula is C12H18N2. The molecule has 1 aliphatic rings. The fourth-order valence-electron chi connectivity index (χ4n) is 1.95. The minimum absolute atomic E-state index is 0.318. The Morgan fingerprint density at radius 1 is 1.29 bits per heavy atom. The Morgan fingerprint density at radius 2 is 1.86 bits per heavy atom. The number of nitrogens with zero attached hydrogens (tertiary/aromatic N) is 1. The largest absolute Gasteiger partial charge is 0.328 e. The lowest BCUT2D eigenvalue weighted by atomic mass is 10.1. The average Bonchev–Trinajstić information content (AvgIpc) is 2.57. The van der Waals surface area contributed by atoms with Crippen LogP contribution in [0, 0.1) is 0 Å². The van der Waals surface area contributed by atoms with Gasteiger partial charge in [-0.25, -0.2) is 0 Å². The number of benzene rings is 1. The van der Waals surface area contributed by atoms with E-state index in [1.165, 1.54) is 11.1 Å². The molecule has 0 saturated heterocycles. The molecule has 0 radical (unpaired) electrons. The molecule has 2 N–H and O–H groups in total. The molecule has 1 aromatic rings. The van der Waals surface area contributed by atoms with E-state index in [0.29, 0.717) is 6.04 Å². The molecule has 0 aromatic heterocycles. The summed E-state index contributed by atoms with van der Waals surface area (Å²) in [6.45, 7) is 5.39. The molecule has 1 heterocycles. The van der Waals surface area contributed by atoms with E-state index < -0.39 is 0 Å². The minimum Gasteiger partial charge on any atom is -0.328 e. The van der Waals surface area contributed by atoms with Gasteiger partial charge >= 0.3 is 0 Å². The Hall–Kier alpha value is -0.860. The smallest absolute Gasteiger partial charge is 0.0240 e. The van der Waals surface area contributed by atoms with E-state index in [0.717, 1.165) is 26.1 Å². The molecule has 2 nitrogen and oxygen atoms in total. The van der Waals surface area contributed by atoms with Crippen molar-refractivity contribution in [3.05, 3.63) is 35.4 Å². The van der Waals surface area contributed by atoms with Gasteiger partial charge in [-0.15, -0.1) is 0 Å². The van der Waals surface area contributed by atoms with Crippen molar-refractivity contribution in [1.29, 1.82) is 0 Å². The highest BCUT2D eigenvalue weighted by Crippen LogP contribution is 2.21. The van der Waals surface area contributed by atoms with Gasteiger partial charge in [-0.3, -0.25) is 4.90 Å². The minimum atomic E-state index is 0.318. The predicted molar refractivity (Wildman–Crippen MR) is 58.8 cm³/mol. The summed E-state index contributed by atoms with van der Waals surface area (Å²) in [6, 6.07) is 9.00. The van der Waals surface area contributed by atoms with Gasteiger partial charge in [-0.1, -0.05) is 24.3 Å². The number of hydrogen-bond acceptors (Lipinski definition) is 2. The van der Waals surface area contributed by atoms with E-state index in [1.807, 2.05) is 0 Å². The highest BCUT2D eigenvalue weighted by Gasteiger charge is 2.17. The van der Waals surface area contributed by atoms with Crippen LogP contribution in [0.3, 0.4) is 0 Å². The van der Waals surface area contributed by atoms with E-state index in [2.05, 4.69) is 36.1 Å². The van der Waals surface area contributed by atoms with Crippen LogP contribution in [0.15, 0.2) is 24.3 Å². The molecule has 1 unspecified atom stereocenters. The van der Waals surface area contributed by atoms with Gasteiger partial charge in [0, 0.05) is 25.7 Å². The van der Waals surface area contributed by atoms with Crippen molar-refractivity contribution in [2.75, 3.05) is 6.54 Å². The highest BCUT2D eigenvalue weighted by molar-refractivity contribution is 5.30. The molecule has 0 spiro atoms. The number of fused-ring (bicyclic) bond motifs is 1. The van der Waals surface area contributed by atoms with Crippen molar-refractivity contribution < 1.29 is 0 Å². The second kappa shape index (κ2) is 4.11. The third-order valence-corrected chi connectivity index (χ3v) is 2.81. The second-order valence-electron chi connectivity index (χ2n) is 4.25. The van der Waals surface area contributed by atoms with E-state index in [1.54, 1.807) is 0 Å². The molecule has 1 atom stereocenters. The van der Waals surface area contributed by atoms with Crippen LogP contribution in [0.1, 0.15) is 24.5 Å². The fraction of sp³-hybridized carbons (Fsp3) is 0.500. The zero-order valence-electron chi connectivity index (χ0n) is 8.74. The van der Waals surface area contributed by atoms with Crippen LogP contribution in [0.25, 0.3) is 0 Å². The fourth-order valence-corrected chi connectivity index (χ4v) is 1.95. The Balaban J connectivity index is 1.92. The second-order valence-corrected chi connectivity index (χ2v) is 4.25. The molecule has 2 rings (SSSR count). The zero-order chi connectivity index (χ0) is 9.97. The third kappa shape index (κ3) is 2.14. The Kier molecular flexibility index (Phi) is 2.85. The lowest BCUT2D eigenvalue weighted by Crippen LogP contribution is -2.25. The number of rotatable bonds is 3. The van der Waals surface area contributed by atoms with Gasteiger partial charge in [0.1, 0.15) is 0 Å². The topological polar surface area (TPSA) is 29.3 Å². The summed E-state index contributed by atoms with van der Waals surface area (Å²) in [4.78, 5) is 2.47. The lowest BCUT2D eigenvalue weighted by molar-refractivity contribution is 0.274. The van der Waals surface area contributed by atoms with Crippen LogP contribution in [-0.2, 0) is 13.1 Å². The van der Waals surface area contributed by atoms with E-state index >= 15 is 0 Å². The first kappa shape index (κ1) is 9.69. The molecule has 1 aliphatic heterocycles. The van der Waals surface area contributed by atoms with Crippen molar-refractivity contribution in [3.8, 4) is 0 Å². The van der Waals surface area contributed by atoms with Crippen molar-refractivity contribution in [1.82, 2.24) is 4.90 Å². The molecular weight excluding hydrogens is 172 g/mol. The van der Waals surface area contributed by atoms with Gasteiger partial charge in [0.25, 0.3) is 0 Å². The third-order valence-electron chi connectivity index (χ3n) is 2.81. The predicted octanol–water partition coefficient (Wildman–Crippen LogP) is 1.74. The summed E-state index contributed by atoms with van der Waals surface area (Å²) in [5.41, 5.74) is 8.72. The maximum Gasteiger partial charge on any atom is 0.0240 e. The quantitative estimate of drug-likeness (QED) is 0.786. The Morgan fingerprint density at radius 3 is 2.36 bits per heavy atom. The molecule has 0 amide bonds. The summed E-state index contributed by atoms with van der Waals surface area (Å²) in [6.07, 6.45) is 1.09. The van der Waals surface area contributed by atoms with Crippen molar-refractivity contribution in [2.45, 2.75) is 32.5 Å². The highest BCUT2D eigenvalue weighted by atomic mass is 15.1. The van der Waals surface area contributed by atoms with Gasteiger partial charge in [0.05, 0.1) is 0 Å². The summed E-state index contributed by atoms with van der Waals surface area (Å²) in [7, 11) is 0. The van der Waals surface area contributed by atoms with Crippen LogP contribution in [0.4, 0.5) is 0 Å². The Bertz CT molecular complexity index is 282. The van der Waals surface area contributed by atoms with Crippen LogP contribution in [0.5, 0.6) is 0 Å². The van der Waals surface area contributed by atoms with Gasteiger partial charge in [0.2, 0.25) is 0 Å². The Labute approximate surface area is 85.7 Å². The first-order chi connectivity index (χ1) is 6.75. The normalized spacial score (nSPS) is 18.1. The number of hydrogen-bond donors (Lipinski definition) is 1. The maximum atomic E-state index is 5.75. The van der Waals surface area contributed by atoms with E-state index in [-0.39, 0.29) is 0 Å². The molecule has 0 fully saturated rings. The number of nitrogens with two attached hydrogens (primary N) is 1. The molecule has 2 heteroatoms. The average molecular weight is 190 g/mol. The molecule has 14 heavy (non-hydrogen) atoms. The first-order valence-corrected chi connectivity index (χ1v) is 5.30.